The largest absolute Gasteiger partial charge is 0.416 e. The molecule has 0 bridgehead atoms. The molecule has 28 heavy (non-hydrogen) atoms. The number of alkyl halides is 3. The second-order valence-electron chi connectivity index (χ2n) is 6.77. The van der Waals surface area contributed by atoms with E-state index in [2.05, 4.69) is 20.9 Å². The number of carbonyl (C=O) groups excluding carboxylic acids is 1. The monoisotopic (exact) mass is 417 g/mol. The molecule has 0 spiro atoms. The summed E-state index contributed by atoms with van der Waals surface area (Å²) in [6, 6.07) is 4.54. The smallest absolute Gasteiger partial charge is 0.344 e. The minimum Gasteiger partial charge on any atom is -0.344 e. The second-order valence-corrected chi connectivity index (χ2v) is 6.77. The van der Waals surface area contributed by atoms with Gasteiger partial charge < -0.3 is 10.6 Å². The molecular weight excluding hydrogens is 395 g/mol. The van der Waals surface area contributed by atoms with Crippen molar-refractivity contribution in [2.75, 3.05) is 13.1 Å². The number of benzene rings is 1. The summed E-state index contributed by atoms with van der Waals surface area (Å²) in [6.07, 6.45) is -2.61. The van der Waals surface area contributed by atoms with Gasteiger partial charge in [0.15, 0.2) is 5.69 Å². The van der Waals surface area contributed by atoms with Crippen LogP contribution in [0.15, 0.2) is 24.3 Å². The van der Waals surface area contributed by atoms with Crippen molar-refractivity contribution in [2.45, 2.75) is 44.9 Å². The molecule has 2 aromatic rings. The number of nitrogens with one attached hydrogen (secondary N) is 2. The number of hydrogen-bond acceptors (Lipinski definition) is 4. The fourth-order valence-corrected chi connectivity index (χ4v) is 3.28. The summed E-state index contributed by atoms with van der Waals surface area (Å²) >= 11 is 0. The lowest BCUT2D eigenvalue weighted by Crippen LogP contribution is -2.31. The maximum Gasteiger partial charge on any atom is 0.416 e. The summed E-state index contributed by atoms with van der Waals surface area (Å²) in [7, 11) is 0. The van der Waals surface area contributed by atoms with E-state index < -0.39 is 23.7 Å². The number of halogens is 4. The standard InChI is InChI=1S/C18H22F3N5O.ClH/c1-11(13-4-3-5-14(10-13)18(19,20)21)23-17(27)16-12(2)26(25-24-16)15-6-8-22-9-7-15;/h3-5,10-11,15,22H,6-9H2,1-2H3,(H,23,27);1H. The predicted molar refractivity (Wildman–Crippen MR) is 100 cm³/mol. The molecular formula is C18H23ClF3N5O. The highest BCUT2D eigenvalue weighted by molar-refractivity contribution is 5.93. The average Bonchev–Trinajstić information content (AvgIpc) is 3.03. The fourth-order valence-electron chi connectivity index (χ4n) is 3.28. The number of rotatable bonds is 4. The van der Waals surface area contributed by atoms with Crippen LogP contribution in [0.3, 0.4) is 0 Å². The minimum absolute atomic E-state index is 0. The molecule has 1 aromatic carbocycles. The van der Waals surface area contributed by atoms with Gasteiger partial charge in [0.25, 0.3) is 5.91 Å². The average molecular weight is 418 g/mol. The molecule has 1 amide bonds. The van der Waals surface area contributed by atoms with Crippen molar-refractivity contribution >= 4 is 18.3 Å². The van der Waals surface area contributed by atoms with E-state index in [0.29, 0.717) is 11.3 Å². The molecule has 1 unspecified atom stereocenters. The molecule has 1 atom stereocenters. The van der Waals surface area contributed by atoms with Crippen LogP contribution in [0.1, 0.15) is 59.2 Å². The number of piperidine rings is 1. The van der Waals surface area contributed by atoms with Gasteiger partial charge in [-0.1, -0.05) is 17.3 Å². The maximum absolute atomic E-state index is 12.9. The van der Waals surface area contributed by atoms with E-state index >= 15 is 0 Å². The Bertz CT molecular complexity index is 818. The molecule has 0 aliphatic carbocycles. The van der Waals surface area contributed by atoms with Crippen LogP contribution in [0.5, 0.6) is 0 Å². The van der Waals surface area contributed by atoms with Crippen LogP contribution >= 0.6 is 12.4 Å². The van der Waals surface area contributed by atoms with Crippen molar-refractivity contribution in [3.63, 3.8) is 0 Å². The number of nitrogens with zero attached hydrogens (tertiary/aromatic N) is 3. The van der Waals surface area contributed by atoms with Crippen molar-refractivity contribution in [3.05, 3.63) is 46.8 Å². The van der Waals surface area contributed by atoms with E-state index in [0.717, 1.165) is 38.1 Å². The summed E-state index contributed by atoms with van der Waals surface area (Å²) in [5.41, 5.74) is 0.499. The molecule has 1 fully saturated rings. The first-order chi connectivity index (χ1) is 12.8. The Morgan fingerprint density at radius 3 is 2.64 bits per heavy atom. The lowest BCUT2D eigenvalue weighted by molar-refractivity contribution is -0.137. The van der Waals surface area contributed by atoms with Gasteiger partial charge in [0.2, 0.25) is 0 Å². The fraction of sp³-hybridized carbons (Fsp3) is 0.500. The van der Waals surface area contributed by atoms with Gasteiger partial charge in [-0.25, -0.2) is 4.68 Å². The van der Waals surface area contributed by atoms with Crippen LogP contribution in [0, 0.1) is 6.92 Å². The second kappa shape index (κ2) is 8.91. The third-order valence-electron chi connectivity index (χ3n) is 4.86. The van der Waals surface area contributed by atoms with Gasteiger partial charge in [-0.2, -0.15) is 13.2 Å². The predicted octanol–water partition coefficient (Wildman–Crippen LogP) is 3.44. The molecule has 3 rings (SSSR count). The third kappa shape index (κ3) is 4.82. The van der Waals surface area contributed by atoms with Gasteiger partial charge in [0.05, 0.1) is 23.3 Å². The molecule has 2 heterocycles. The Balaban J connectivity index is 0.00000280. The van der Waals surface area contributed by atoms with Crippen LogP contribution < -0.4 is 10.6 Å². The first kappa shape index (κ1) is 22.2. The van der Waals surface area contributed by atoms with E-state index in [1.54, 1.807) is 24.6 Å². The van der Waals surface area contributed by atoms with E-state index in [1.807, 2.05) is 0 Å². The van der Waals surface area contributed by atoms with Crippen molar-refractivity contribution in [2.24, 2.45) is 0 Å². The summed E-state index contributed by atoms with van der Waals surface area (Å²) in [5.74, 6) is -0.447. The highest BCUT2D eigenvalue weighted by atomic mass is 35.5. The lowest BCUT2D eigenvalue weighted by atomic mass is 10.0. The molecule has 0 radical (unpaired) electrons. The highest BCUT2D eigenvalue weighted by Crippen LogP contribution is 2.30. The molecule has 1 aliphatic heterocycles. The minimum atomic E-state index is -4.42. The van der Waals surface area contributed by atoms with E-state index in [1.165, 1.54) is 6.07 Å². The van der Waals surface area contributed by atoms with Crippen molar-refractivity contribution in [1.29, 1.82) is 0 Å². The van der Waals surface area contributed by atoms with Crippen LogP contribution in [0.4, 0.5) is 13.2 Å². The van der Waals surface area contributed by atoms with Gasteiger partial charge >= 0.3 is 6.18 Å². The van der Waals surface area contributed by atoms with Crippen LogP contribution in [-0.4, -0.2) is 34.0 Å². The quantitative estimate of drug-likeness (QED) is 0.799. The molecule has 10 heteroatoms. The molecule has 154 valence electrons. The zero-order valence-electron chi connectivity index (χ0n) is 15.6. The Hall–Kier alpha value is -2.13. The SMILES string of the molecule is Cc1c(C(=O)NC(C)c2cccc(C(F)(F)F)c2)nnn1C1CCNCC1.Cl. The van der Waals surface area contributed by atoms with Crippen molar-refractivity contribution in [1.82, 2.24) is 25.6 Å². The number of hydrogen-bond donors (Lipinski definition) is 2. The summed E-state index contributed by atoms with van der Waals surface area (Å²) in [4.78, 5) is 12.6. The molecule has 1 aromatic heterocycles. The van der Waals surface area contributed by atoms with Gasteiger partial charge in [-0.3, -0.25) is 4.79 Å². The molecule has 6 nitrogen and oxygen atoms in total. The van der Waals surface area contributed by atoms with Crippen molar-refractivity contribution < 1.29 is 18.0 Å². The molecule has 1 aliphatic rings. The molecule has 2 N–H and O–H groups in total. The van der Waals surface area contributed by atoms with E-state index in [4.69, 9.17) is 0 Å². The normalized spacial score (nSPS) is 16.3. The maximum atomic E-state index is 12.9. The molecule has 1 saturated heterocycles. The number of carbonyl (C=O) groups is 1. The lowest BCUT2D eigenvalue weighted by Gasteiger charge is -2.23. The first-order valence-corrected chi connectivity index (χ1v) is 8.88. The van der Waals surface area contributed by atoms with E-state index in [9.17, 15) is 18.0 Å². The highest BCUT2D eigenvalue weighted by Gasteiger charge is 2.31. The number of amides is 1. The van der Waals surface area contributed by atoms with Crippen molar-refractivity contribution in [3.8, 4) is 0 Å². The van der Waals surface area contributed by atoms with Gasteiger partial charge in [0.1, 0.15) is 0 Å². The van der Waals surface area contributed by atoms with E-state index in [-0.39, 0.29) is 24.1 Å². The Kier molecular flexibility index (Phi) is 7.06. The zero-order valence-corrected chi connectivity index (χ0v) is 16.4. The zero-order chi connectivity index (χ0) is 19.6. The summed E-state index contributed by atoms with van der Waals surface area (Å²) in [5, 5.41) is 14.1. The first-order valence-electron chi connectivity index (χ1n) is 8.88. The van der Waals surface area contributed by atoms with Gasteiger partial charge in [-0.05, 0) is 57.5 Å². The summed E-state index contributed by atoms with van der Waals surface area (Å²) < 4.78 is 40.4. The number of aromatic nitrogens is 3. The van der Waals surface area contributed by atoms with Gasteiger partial charge in [-0.15, -0.1) is 17.5 Å². The Morgan fingerprint density at radius 1 is 1.32 bits per heavy atom. The Labute approximate surface area is 167 Å². The molecule has 0 saturated carbocycles. The van der Waals surface area contributed by atoms with Crippen LogP contribution in [-0.2, 0) is 6.18 Å². The Morgan fingerprint density at radius 2 is 2.00 bits per heavy atom. The van der Waals surface area contributed by atoms with Crippen LogP contribution in [0.2, 0.25) is 0 Å². The topological polar surface area (TPSA) is 71.8 Å². The van der Waals surface area contributed by atoms with Gasteiger partial charge in [0, 0.05) is 0 Å². The van der Waals surface area contributed by atoms with Crippen LogP contribution in [0.25, 0.3) is 0 Å². The summed E-state index contributed by atoms with van der Waals surface area (Å²) in [6.45, 7) is 5.20. The third-order valence-corrected chi connectivity index (χ3v) is 4.86.